The van der Waals surface area contributed by atoms with Crippen molar-refractivity contribution in [3.63, 3.8) is 0 Å². The number of hydrogen-bond acceptors (Lipinski definition) is 3. The van der Waals surface area contributed by atoms with E-state index in [-0.39, 0.29) is 11.8 Å². The lowest BCUT2D eigenvalue weighted by molar-refractivity contribution is -0.137. The van der Waals surface area contributed by atoms with Crippen LogP contribution in [0.2, 0.25) is 0 Å². The molecule has 0 aliphatic carbocycles. The number of aryl methyl sites for hydroxylation is 2. The quantitative estimate of drug-likeness (QED) is 0.777. The first-order chi connectivity index (χ1) is 13.9. The molecular formula is C23H28N2O3S. The number of hydrogen-bond donors (Lipinski definition) is 0. The lowest BCUT2D eigenvalue weighted by atomic mass is 9.94. The van der Waals surface area contributed by atoms with Crippen LogP contribution in [0.1, 0.15) is 35.1 Å². The Hall–Kier alpha value is -2.18. The molecule has 0 spiro atoms. The highest BCUT2D eigenvalue weighted by atomic mass is 32.2. The van der Waals surface area contributed by atoms with Crippen LogP contribution in [0.3, 0.4) is 0 Å². The maximum Gasteiger partial charge on any atom is 0.243 e. The summed E-state index contributed by atoms with van der Waals surface area (Å²) in [4.78, 5) is 15.4. The van der Waals surface area contributed by atoms with E-state index in [0.717, 1.165) is 24.1 Å². The smallest absolute Gasteiger partial charge is 0.243 e. The number of fused-ring (bicyclic) bond motifs is 1. The van der Waals surface area contributed by atoms with Crippen LogP contribution in [0, 0.1) is 19.8 Å². The van der Waals surface area contributed by atoms with Gasteiger partial charge in [0.05, 0.1) is 4.90 Å². The molecule has 5 nitrogen and oxygen atoms in total. The Balaban J connectivity index is 1.41. The van der Waals surface area contributed by atoms with Gasteiger partial charge in [-0.2, -0.15) is 4.31 Å². The maximum atomic E-state index is 13.1. The van der Waals surface area contributed by atoms with Crippen LogP contribution in [0.5, 0.6) is 0 Å². The Morgan fingerprint density at radius 3 is 2.34 bits per heavy atom. The molecule has 0 unspecified atom stereocenters. The van der Waals surface area contributed by atoms with Gasteiger partial charge in [0.25, 0.3) is 0 Å². The van der Waals surface area contributed by atoms with Crippen molar-refractivity contribution in [3.05, 3.63) is 64.7 Å². The average Bonchev–Trinajstić information content (AvgIpc) is 2.72. The van der Waals surface area contributed by atoms with Gasteiger partial charge in [0.15, 0.2) is 0 Å². The number of rotatable bonds is 3. The summed E-state index contributed by atoms with van der Waals surface area (Å²) in [6, 6.07) is 13.7. The van der Waals surface area contributed by atoms with Crippen LogP contribution in [-0.2, 0) is 27.8 Å². The molecule has 6 heteroatoms. The van der Waals surface area contributed by atoms with E-state index >= 15 is 0 Å². The molecule has 2 aliphatic rings. The van der Waals surface area contributed by atoms with Gasteiger partial charge in [0.1, 0.15) is 0 Å². The van der Waals surface area contributed by atoms with E-state index in [4.69, 9.17) is 0 Å². The highest BCUT2D eigenvalue weighted by molar-refractivity contribution is 7.89. The molecule has 2 aliphatic heterocycles. The molecule has 0 radical (unpaired) electrons. The van der Waals surface area contributed by atoms with E-state index in [1.807, 2.05) is 43.0 Å². The van der Waals surface area contributed by atoms with E-state index in [1.54, 1.807) is 10.4 Å². The number of amides is 1. The summed E-state index contributed by atoms with van der Waals surface area (Å²) in [7, 11) is -3.52. The Morgan fingerprint density at radius 2 is 1.66 bits per heavy atom. The van der Waals surface area contributed by atoms with E-state index in [2.05, 4.69) is 12.1 Å². The van der Waals surface area contributed by atoms with E-state index in [0.29, 0.717) is 37.4 Å². The molecule has 2 heterocycles. The second-order valence-corrected chi connectivity index (χ2v) is 10.1. The molecule has 1 amide bonds. The summed E-state index contributed by atoms with van der Waals surface area (Å²) in [5, 5.41) is 0. The van der Waals surface area contributed by atoms with Gasteiger partial charge in [-0.1, -0.05) is 42.0 Å². The molecular weight excluding hydrogens is 384 g/mol. The largest absolute Gasteiger partial charge is 0.338 e. The molecule has 0 atom stereocenters. The number of benzene rings is 2. The highest BCUT2D eigenvalue weighted by Gasteiger charge is 2.35. The van der Waals surface area contributed by atoms with Gasteiger partial charge in [-0.15, -0.1) is 0 Å². The standard InChI is InChI=1S/C23H28N2O3S/c1-17-7-8-22(18(2)15-17)29(27,28)25-13-10-20(11-14-25)23(26)24-12-9-19-5-3-4-6-21(19)16-24/h3-8,15,20H,9-14,16H2,1-2H3. The van der Waals surface area contributed by atoms with Crippen molar-refractivity contribution in [1.82, 2.24) is 9.21 Å². The van der Waals surface area contributed by atoms with Crippen molar-refractivity contribution in [3.8, 4) is 0 Å². The molecule has 0 N–H and O–H groups in total. The normalized spacial score (nSPS) is 18.5. The predicted molar refractivity (Wildman–Crippen MR) is 113 cm³/mol. The third-order valence-electron chi connectivity index (χ3n) is 6.19. The van der Waals surface area contributed by atoms with E-state index in [9.17, 15) is 13.2 Å². The van der Waals surface area contributed by atoms with Crippen LogP contribution in [0.15, 0.2) is 47.4 Å². The molecule has 2 aromatic carbocycles. The van der Waals surface area contributed by atoms with Gasteiger partial charge in [0, 0.05) is 32.1 Å². The van der Waals surface area contributed by atoms with Crippen molar-refractivity contribution in [1.29, 1.82) is 0 Å². The summed E-state index contributed by atoms with van der Waals surface area (Å²) < 4.78 is 27.7. The fraction of sp³-hybridized carbons (Fsp3) is 0.435. The lowest BCUT2D eigenvalue weighted by Gasteiger charge is -2.35. The van der Waals surface area contributed by atoms with Gasteiger partial charge in [-0.25, -0.2) is 8.42 Å². The van der Waals surface area contributed by atoms with Crippen molar-refractivity contribution >= 4 is 15.9 Å². The molecule has 1 fully saturated rings. The van der Waals surface area contributed by atoms with E-state index < -0.39 is 10.0 Å². The fourth-order valence-electron chi connectivity index (χ4n) is 4.51. The molecule has 0 aromatic heterocycles. The number of carbonyl (C=O) groups is 1. The molecule has 0 saturated carbocycles. The molecule has 2 aromatic rings. The van der Waals surface area contributed by atoms with Crippen molar-refractivity contribution < 1.29 is 13.2 Å². The Kier molecular flexibility index (Phi) is 5.49. The summed E-state index contributed by atoms with van der Waals surface area (Å²) >= 11 is 0. The number of carbonyl (C=O) groups excluding carboxylic acids is 1. The first kappa shape index (κ1) is 20.1. The minimum atomic E-state index is -3.52. The van der Waals surface area contributed by atoms with Crippen molar-refractivity contribution in [2.24, 2.45) is 5.92 Å². The predicted octanol–water partition coefficient (Wildman–Crippen LogP) is 3.29. The van der Waals surface area contributed by atoms with Crippen LogP contribution in [0.25, 0.3) is 0 Å². The molecule has 29 heavy (non-hydrogen) atoms. The SMILES string of the molecule is Cc1ccc(S(=O)(=O)N2CCC(C(=O)N3CCc4ccccc4C3)CC2)c(C)c1. The van der Waals surface area contributed by atoms with Crippen LogP contribution >= 0.6 is 0 Å². The topological polar surface area (TPSA) is 57.7 Å². The summed E-state index contributed by atoms with van der Waals surface area (Å²) in [6.45, 7) is 6.00. The minimum Gasteiger partial charge on any atom is -0.338 e. The van der Waals surface area contributed by atoms with Crippen LogP contribution in [-0.4, -0.2) is 43.2 Å². The summed E-state index contributed by atoms with van der Waals surface area (Å²) in [6.07, 6.45) is 2.06. The Morgan fingerprint density at radius 1 is 0.966 bits per heavy atom. The molecule has 4 rings (SSSR count). The van der Waals surface area contributed by atoms with Gasteiger partial charge >= 0.3 is 0 Å². The van der Waals surface area contributed by atoms with Gasteiger partial charge in [-0.05, 0) is 55.9 Å². The Labute approximate surface area is 173 Å². The van der Waals surface area contributed by atoms with Crippen molar-refractivity contribution in [2.45, 2.75) is 44.6 Å². The average molecular weight is 413 g/mol. The number of piperidine rings is 1. The number of nitrogens with zero attached hydrogens (tertiary/aromatic N) is 2. The lowest BCUT2D eigenvalue weighted by Crippen LogP contribution is -2.45. The van der Waals surface area contributed by atoms with Crippen molar-refractivity contribution in [2.75, 3.05) is 19.6 Å². The monoisotopic (exact) mass is 412 g/mol. The zero-order valence-electron chi connectivity index (χ0n) is 17.1. The summed E-state index contributed by atoms with van der Waals surface area (Å²) in [5.74, 6) is 0.0777. The first-order valence-corrected chi connectivity index (χ1v) is 11.7. The molecule has 1 saturated heterocycles. The van der Waals surface area contributed by atoms with Gasteiger partial charge in [0.2, 0.25) is 15.9 Å². The minimum absolute atomic E-state index is 0.0918. The second kappa shape index (κ2) is 7.92. The molecule has 154 valence electrons. The Bertz CT molecular complexity index is 1020. The fourth-order valence-corrected chi connectivity index (χ4v) is 6.19. The van der Waals surface area contributed by atoms with E-state index in [1.165, 1.54) is 11.1 Å². The number of sulfonamides is 1. The van der Waals surface area contributed by atoms with Crippen LogP contribution < -0.4 is 0 Å². The third kappa shape index (κ3) is 3.96. The van der Waals surface area contributed by atoms with Gasteiger partial charge < -0.3 is 4.90 Å². The first-order valence-electron chi connectivity index (χ1n) is 10.3. The second-order valence-electron chi connectivity index (χ2n) is 8.23. The third-order valence-corrected chi connectivity index (χ3v) is 8.25. The van der Waals surface area contributed by atoms with Gasteiger partial charge in [-0.3, -0.25) is 4.79 Å². The molecule has 0 bridgehead atoms. The summed E-state index contributed by atoms with van der Waals surface area (Å²) in [5.41, 5.74) is 4.37. The zero-order valence-corrected chi connectivity index (χ0v) is 17.9. The zero-order chi connectivity index (χ0) is 20.6. The van der Waals surface area contributed by atoms with Crippen LogP contribution in [0.4, 0.5) is 0 Å². The maximum absolute atomic E-state index is 13.1. The highest BCUT2D eigenvalue weighted by Crippen LogP contribution is 2.28.